The van der Waals surface area contributed by atoms with Crippen LogP contribution in [-0.2, 0) is 10.5 Å². The molecule has 0 heterocycles. The van der Waals surface area contributed by atoms with Crippen molar-refractivity contribution in [2.75, 3.05) is 17.7 Å². The second kappa shape index (κ2) is 9.82. The molecule has 0 aliphatic carbocycles. The van der Waals surface area contributed by atoms with Crippen LogP contribution in [0.25, 0.3) is 0 Å². The number of hydrogen-bond acceptors (Lipinski definition) is 4. The molecule has 6 heteroatoms. The molecule has 0 aliphatic heterocycles. The van der Waals surface area contributed by atoms with Crippen LogP contribution in [0.15, 0.2) is 42.5 Å². The molecular weight excluding hydrogens is 449 g/mol. The zero-order valence-electron chi connectivity index (χ0n) is 14.2. The van der Waals surface area contributed by atoms with E-state index in [1.165, 1.54) is 11.8 Å². The first-order valence-corrected chi connectivity index (χ1v) is 10.1. The molecule has 132 valence electrons. The van der Waals surface area contributed by atoms with Crippen LogP contribution in [0.1, 0.15) is 29.8 Å². The number of nitrogens with one attached hydrogen (secondary N) is 1. The van der Waals surface area contributed by atoms with Crippen LogP contribution < -0.4 is 10.1 Å². The van der Waals surface area contributed by atoms with Crippen molar-refractivity contribution in [2.45, 2.75) is 19.6 Å². The Labute approximate surface area is 165 Å². The van der Waals surface area contributed by atoms with Crippen molar-refractivity contribution in [3.63, 3.8) is 0 Å². The number of amides is 1. The first-order valence-electron chi connectivity index (χ1n) is 7.89. The molecule has 0 unspecified atom stereocenters. The highest BCUT2D eigenvalue weighted by Gasteiger charge is 2.10. The lowest BCUT2D eigenvalue weighted by atomic mass is 10.1. The van der Waals surface area contributed by atoms with Crippen molar-refractivity contribution in [1.82, 2.24) is 0 Å². The molecule has 2 aromatic rings. The number of rotatable bonds is 8. The van der Waals surface area contributed by atoms with Gasteiger partial charge in [0.05, 0.1) is 12.4 Å². The van der Waals surface area contributed by atoms with Crippen LogP contribution in [0.5, 0.6) is 5.75 Å². The summed E-state index contributed by atoms with van der Waals surface area (Å²) >= 11 is 3.70. The van der Waals surface area contributed by atoms with Crippen LogP contribution in [0.2, 0.25) is 0 Å². The molecule has 0 aliphatic rings. The summed E-state index contributed by atoms with van der Waals surface area (Å²) in [5, 5.41) is 2.89. The second-order valence-corrected chi connectivity index (χ2v) is 7.59. The number of carbonyl (C=O) groups excluding carboxylic acids is 2. The van der Waals surface area contributed by atoms with Crippen molar-refractivity contribution in [2.24, 2.45) is 0 Å². The van der Waals surface area contributed by atoms with E-state index in [9.17, 15) is 9.59 Å². The van der Waals surface area contributed by atoms with Crippen molar-refractivity contribution in [3.05, 3.63) is 57.2 Å². The molecule has 0 saturated carbocycles. The van der Waals surface area contributed by atoms with Gasteiger partial charge < -0.3 is 10.1 Å². The lowest BCUT2D eigenvalue weighted by Crippen LogP contribution is -2.14. The van der Waals surface area contributed by atoms with Gasteiger partial charge in [-0.15, -0.1) is 11.8 Å². The molecule has 0 spiro atoms. The van der Waals surface area contributed by atoms with E-state index < -0.39 is 0 Å². The van der Waals surface area contributed by atoms with Crippen LogP contribution in [-0.4, -0.2) is 24.1 Å². The van der Waals surface area contributed by atoms with Gasteiger partial charge in [0.1, 0.15) is 5.75 Å². The highest BCUT2D eigenvalue weighted by Crippen LogP contribution is 2.25. The van der Waals surface area contributed by atoms with E-state index in [0.29, 0.717) is 23.7 Å². The molecule has 1 N–H and O–H groups in total. The van der Waals surface area contributed by atoms with Gasteiger partial charge in [-0.1, -0.05) is 6.07 Å². The van der Waals surface area contributed by atoms with Gasteiger partial charge >= 0.3 is 0 Å². The third kappa shape index (κ3) is 6.36. The lowest BCUT2D eigenvalue weighted by molar-refractivity contribution is -0.113. The van der Waals surface area contributed by atoms with Crippen molar-refractivity contribution >= 4 is 51.7 Å². The average Bonchev–Trinajstić information content (AvgIpc) is 2.56. The van der Waals surface area contributed by atoms with Gasteiger partial charge in [0.15, 0.2) is 5.78 Å². The van der Waals surface area contributed by atoms with Gasteiger partial charge in [-0.2, -0.15) is 0 Å². The summed E-state index contributed by atoms with van der Waals surface area (Å²) in [7, 11) is 0. The van der Waals surface area contributed by atoms with Gasteiger partial charge in [-0.05, 0) is 72.8 Å². The van der Waals surface area contributed by atoms with Crippen molar-refractivity contribution in [1.29, 1.82) is 0 Å². The van der Waals surface area contributed by atoms with Crippen molar-refractivity contribution in [3.8, 4) is 5.75 Å². The molecule has 0 saturated heterocycles. The first-order chi connectivity index (χ1) is 12.0. The summed E-state index contributed by atoms with van der Waals surface area (Å²) in [5.74, 6) is 1.67. The van der Waals surface area contributed by atoms with Crippen LogP contribution >= 0.6 is 34.4 Å². The van der Waals surface area contributed by atoms with E-state index in [4.69, 9.17) is 4.74 Å². The van der Waals surface area contributed by atoms with E-state index in [1.807, 2.05) is 43.3 Å². The molecule has 0 radical (unpaired) electrons. The minimum Gasteiger partial charge on any atom is -0.494 e. The topological polar surface area (TPSA) is 55.4 Å². The Morgan fingerprint density at radius 3 is 2.68 bits per heavy atom. The Balaban J connectivity index is 1.94. The quantitative estimate of drug-likeness (QED) is 0.448. The van der Waals surface area contributed by atoms with Gasteiger partial charge in [-0.25, -0.2) is 0 Å². The maximum absolute atomic E-state index is 12.1. The SMILES string of the molecule is CCOc1ccc(C(C)=O)cc1CSCC(=O)Nc1cccc(I)c1. The van der Waals surface area contributed by atoms with Crippen LogP contribution in [0, 0.1) is 3.57 Å². The Morgan fingerprint density at radius 2 is 2.00 bits per heavy atom. The van der Waals surface area contributed by atoms with E-state index in [2.05, 4.69) is 27.9 Å². The number of ether oxygens (including phenoxy) is 1. The zero-order chi connectivity index (χ0) is 18.2. The molecule has 4 nitrogen and oxygen atoms in total. The highest BCUT2D eigenvalue weighted by atomic mass is 127. The van der Waals surface area contributed by atoms with Gasteiger partial charge in [0, 0.05) is 26.1 Å². The summed E-state index contributed by atoms with van der Waals surface area (Å²) in [6, 6.07) is 13.1. The number of benzene rings is 2. The standard InChI is InChI=1S/C19H20INO3S/c1-3-24-18-8-7-14(13(2)22)9-15(18)11-25-12-19(23)21-17-6-4-5-16(20)10-17/h4-10H,3,11-12H2,1-2H3,(H,21,23). The Morgan fingerprint density at radius 1 is 1.20 bits per heavy atom. The van der Waals surface area contributed by atoms with Gasteiger partial charge in [0.25, 0.3) is 0 Å². The zero-order valence-corrected chi connectivity index (χ0v) is 17.1. The minimum atomic E-state index is -0.0484. The van der Waals surface area contributed by atoms with Gasteiger partial charge in [-0.3, -0.25) is 9.59 Å². The minimum absolute atomic E-state index is 0.0192. The molecule has 2 aromatic carbocycles. The maximum atomic E-state index is 12.1. The smallest absolute Gasteiger partial charge is 0.234 e. The predicted molar refractivity (Wildman–Crippen MR) is 112 cm³/mol. The molecule has 0 fully saturated rings. The predicted octanol–water partition coefficient (Wildman–Crippen LogP) is 4.76. The lowest BCUT2D eigenvalue weighted by Gasteiger charge is -2.11. The molecule has 0 aromatic heterocycles. The molecule has 2 rings (SSSR count). The van der Waals surface area contributed by atoms with E-state index in [0.717, 1.165) is 20.6 Å². The highest BCUT2D eigenvalue weighted by molar-refractivity contribution is 14.1. The first kappa shape index (κ1) is 19.8. The number of anilines is 1. The summed E-state index contributed by atoms with van der Waals surface area (Å²) in [6.45, 7) is 4.02. The molecule has 0 bridgehead atoms. The summed E-state index contributed by atoms with van der Waals surface area (Å²) in [4.78, 5) is 23.6. The monoisotopic (exact) mass is 469 g/mol. The Hall–Kier alpha value is -1.54. The second-order valence-electron chi connectivity index (χ2n) is 5.36. The molecule has 1 amide bonds. The number of carbonyl (C=O) groups is 2. The third-order valence-corrected chi connectivity index (χ3v) is 5.02. The number of halogens is 1. The van der Waals surface area contributed by atoms with Crippen LogP contribution in [0.4, 0.5) is 5.69 Å². The molecule has 25 heavy (non-hydrogen) atoms. The Kier molecular flexibility index (Phi) is 7.77. The van der Waals surface area contributed by atoms with E-state index >= 15 is 0 Å². The van der Waals surface area contributed by atoms with Crippen LogP contribution in [0.3, 0.4) is 0 Å². The summed E-state index contributed by atoms with van der Waals surface area (Å²) in [5.41, 5.74) is 2.38. The van der Waals surface area contributed by atoms with E-state index in [-0.39, 0.29) is 11.7 Å². The molecule has 0 atom stereocenters. The largest absolute Gasteiger partial charge is 0.494 e. The average molecular weight is 469 g/mol. The summed E-state index contributed by atoms with van der Waals surface area (Å²) in [6.07, 6.45) is 0. The fourth-order valence-electron chi connectivity index (χ4n) is 2.22. The fourth-order valence-corrected chi connectivity index (χ4v) is 3.57. The number of Topliss-reactive ketones (excluding diaryl/α,β-unsaturated/α-hetero) is 1. The third-order valence-electron chi connectivity index (χ3n) is 3.37. The summed E-state index contributed by atoms with van der Waals surface area (Å²) < 4.78 is 6.69. The van der Waals surface area contributed by atoms with E-state index in [1.54, 1.807) is 13.0 Å². The Bertz CT molecular complexity index is 764. The maximum Gasteiger partial charge on any atom is 0.234 e. The number of hydrogen-bond donors (Lipinski definition) is 1. The molecular formula is C19H20INO3S. The number of ketones is 1. The van der Waals surface area contributed by atoms with Crippen molar-refractivity contribution < 1.29 is 14.3 Å². The van der Waals surface area contributed by atoms with Gasteiger partial charge in [0.2, 0.25) is 5.91 Å². The normalized spacial score (nSPS) is 10.4. The fraction of sp³-hybridized carbons (Fsp3) is 0.263. The number of thioether (sulfide) groups is 1.